The normalized spacial score (nSPS) is 9.82. The van der Waals surface area contributed by atoms with E-state index in [4.69, 9.17) is 22.3 Å². The summed E-state index contributed by atoms with van der Waals surface area (Å²) in [5.41, 5.74) is 2.13. The Hall–Kier alpha value is -2.84. The Bertz CT molecular complexity index is 643. The number of ether oxygens (including phenoxy) is 2. The second-order valence-electron chi connectivity index (χ2n) is 4.78. The van der Waals surface area contributed by atoms with Gasteiger partial charge in [-0.05, 0) is 12.1 Å². The highest BCUT2D eigenvalue weighted by molar-refractivity contribution is 5.46. The van der Waals surface area contributed by atoms with Gasteiger partial charge in [0.15, 0.2) is 0 Å². The van der Waals surface area contributed by atoms with Crippen molar-refractivity contribution in [1.82, 2.24) is 0 Å². The fourth-order valence-corrected chi connectivity index (χ4v) is 2.35. The Morgan fingerprint density at radius 1 is 0.818 bits per heavy atom. The van der Waals surface area contributed by atoms with Gasteiger partial charge in [-0.3, -0.25) is 0 Å². The Morgan fingerprint density at radius 2 is 1.23 bits per heavy atom. The highest BCUT2D eigenvalue weighted by atomic mass is 16.5. The molecule has 0 saturated heterocycles. The van der Waals surface area contributed by atoms with E-state index < -0.39 is 0 Å². The van der Waals surface area contributed by atoms with Crippen LogP contribution in [0.4, 0.5) is 0 Å². The van der Waals surface area contributed by atoms with Crippen LogP contribution >= 0.6 is 0 Å². The van der Waals surface area contributed by atoms with E-state index in [1.54, 1.807) is 0 Å². The molecule has 2 aromatic rings. The number of rotatable bonds is 6. The molecule has 0 saturated carbocycles. The van der Waals surface area contributed by atoms with Crippen LogP contribution < -0.4 is 9.47 Å². The summed E-state index contributed by atoms with van der Waals surface area (Å²) in [7, 11) is 0. The molecule has 0 aromatic heterocycles. The summed E-state index contributed by atoms with van der Waals surface area (Å²) < 4.78 is 11.3. The van der Waals surface area contributed by atoms with Gasteiger partial charge in [0.25, 0.3) is 0 Å². The van der Waals surface area contributed by atoms with Gasteiger partial charge >= 0.3 is 0 Å². The molecular formula is C20H18O2. The highest BCUT2D eigenvalue weighted by Crippen LogP contribution is 2.35. The molecule has 2 nitrogen and oxygen atoms in total. The number of hydrogen-bond acceptors (Lipinski definition) is 2. The molecular weight excluding hydrogens is 272 g/mol. The van der Waals surface area contributed by atoms with Gasteiger partial charge < -0.3 is 9.47 Å². The largest absolute Gasteiger partial charge is 0.481 e. The van der Waals surface area contributed by atoms with Gasteiger partial charge in [0, 0.05) is 17.0 Å². The first-order chi connectivity index (χ1) is 10.8. The molecule has 0 atom stereocenters. The SMILES string of the molecule is C#CCOc1ccccc1C(C)c1ccccc1OCC#C. The van der Waals surface area contributed by atoms with Gasteiger partial charge in [-0.1, -0.05) is 55.2 Å². The van der Waals surface area contributed by atoms with E-state index in [1.807, 2.05) is 48.5 Å². The van der Waals surface area contributed by atoms with Crippen LogP contribution in [-0.4, -0.2) is 13.2 Å². The van der Waals surface area contributed by atoms with Crippen molar-refractivity contribution in [1.29, 1.82) is 0 Å². The first-order valence-corrected chi connectivity index (χ1v) is 7.08. The molecule has 110 valence electrons. The molecule has 0 N–H and O–H groups in total. The van der Waals surface area contributed by atoms with Gasteiger partial charge in [0.1, 0.15) is 24.7 Å². The zero-order valence-electron chi connectivity index (χ0n) is 12.6. The maximum Gasteiger partial charge on any atom is 0.148 e. The molecule has 0 aliphatic heterocycles. The van der Waals surface area contributed by atoms with Gasteiger partial charge in [0.05, 0.1) is 0 Å². The molecule has 0 amide bonds. The lowest BCUT2D eigenvalue weighted by atomic mass is 9.91. The van der Waals surface area contributed by atoms with E-state index in [2.05, 4.69) is 18.8 Å². The minimum atomic E-state index is 0.1000. The van der Waals surface area contributed by atoms with E-state index in [1.165, 1.54) is 0 Å². The average molecular weight is 290 g/mol. The molecule has 2 rings (SSSR count). The zero-order valence-corrected chi connectivity index (χ0v) is 12.6. The van der Waals surface area contributed by atoms with Crippen molar-refractivity contribution in [2.75, 3.05) is 13.2 Å². The third-order valence-electron chi connectivity index (χ3n) is 3.39. The monoisotopic (exact) mass is 290 g/mol. The van der Waals surface area contributed by atoms with Crippen molar-refractivity contribution in [2.45, 2.75) is 12.8 Å². The maximum atomic E-state index is 5.64. The van der Waals surface area contributed by atoms with Crippen molar-refractivity contribution in [3.05, 3.63) is 59.7 Å². The van der Waals surface area contributed by atoms with Crippen LogP contribution in [0.5, 0.6) is 11.5 Å². The Labute approximate surface area is 132 Å². The summed E-state index contributed by atoms with van der Waals surface area (Å²) >= 11 is 0. The summed E-state index contributed by atoms with van der Waals surface area (Å²) in [6.07, 6.45) is 10.6. The standard InChI is InChI=1S/C20H18O2/c1-4-14-21-19-12-8-6-10-17(19)16(3)18-11-7-9-13-20(18)22-15-5-2/h1-2,6-13,16H,14-15H2,3H3. The molecule has 2 heteroatoms. The third kappa shape index (κ3) is 3.62. The van der Waals surface area contributed by atoms with Crippen molar-refractivity contribution in [3.8, 4) is 36.2 Å². The van der Waals surface area contributed by atoms with E-state index in [0.29, 0.717) is 0 Å². The van der Waals surface area contributed by atoms with Crippen molar-refractivity contribution in [3.63, 3.8) is 0 Å². The average Bonchev–Trinajstić information content (AvgIpc) is 2.58. The van der Waals surface area contributed by atoms with Crippen LogP contribution in [0.15, 0.2) is 48.5 Å². The van der Waals surface area contributed by atoms with E-state index in [9.17, 15) is 0 Å². The maximum absolute atomic E-state index is 5.64. The van der Waals surface area contributed by atoms with Crippen molar-refractivity contribution in [2.24, 2.45) is 0 Å². The topological polar surface area (TPSA) is 18.5 Å². The van der Waals surface area contributed by atoms with Crippen LogP contribution in [0.25, 0.3) is 0 Å². The second kappa shape index (κ2) is 7.81. The van der Waals surface area contributed by atoms with Gasteiger partial charge in [-0.2, -0.15) is 0 Å². The summed E-state index contributed by atoms with van der Waals surface area (Å²) in [5.74, 6) is 6.67. The summed E-state index contributed by atoms with van der Waals surface area (Å²) in [6, 6.07) is 15.8. The van der Waals surface area contributed by atoms with Gasteiger partial charge in [-0.25, -0.2) is 0 Å². The van der Waals surface area contributed by atoms with Crippen molar-refractivity contribution >= 4 is 0 Å². The first-order valence-electron chi connectivity index (χ1n) is 7.08. The molecule has 2 aromatic carbocycles. The fourth-order valence-electron chi connectivity index (χ4n) is 2.35. The van der Waals surface area contributed by atoms with E-state index >= 15 is 0 Å². The summed E-state index contributed by atoms with van der Waals surface area (Å²) in [5, 5.41) is 0. The zero-order chi connectivity index (χ0) is 15.8. The highest BCUT2D eigenvalue weighted by Gasteiger charge is 2.17. The van der Waals surface area contributed by atoms with E-state index in [-0.39, 0.29) is 19.1 Å². The Kier molecular flexibility index (Phi) is 5.52. The first kappa shape index (κ1) is 15.5. The van der Waals surface area contributed by atoms with Gasteiger partial charge in [0.2, 0.25) is 0 Å². The molecule has 0 aliphatic rings. The minimum Gasteiger partial charge on any atom is -0.481 e. The number of hydrogen-bond donors (Lipinski definition) is 0. The van der Waals surface area contributed by atoms with Crippen LogP contribution in [0, 0.1) is 24.7 Å². The predicted octanol–water partition coefficient (Wildman–Crippen LogP) is 3.86. The molecule has 0 bridgehead atoms. The molecule has 0 unspecified atom stereocenters. The lowest BCUT2D eigenvalue weighted by Crippen LogP contribution is -2.05. The smallest absolute Gasteiger partial charge is 0.148 e. The second-order valence-corrected chi connectivity index (χ2v) is 4.78. The Balaban J connectivity index is 2.35. The lowest BCUT2D eigenvalue weighted by molar-refractivity contribution is 0.359. The van der Waals surface area contributed by atoms with E-state index in [0.717, 1.165) is 22.6 Å². The van der Waals surface area contributed by atoms with Crippen LogP contribution in [-0.2, 0) is 0 Å². The quantitative estimate of drug-likeness (QED) is 0.752. The number of benzene rings is 2. The molecule has 0 heterocycles. The molecule has 0 fully saturated rings. The van der Waals surface area contributed by atoms with Crippen LogP contribution in [0.2, 0.25) is 0 Å². The minimum absolute atomic E-state index is 0.1000. The predicted molar refractivity (Wildman–Crippen MR) is 89.1 cm³/mol. The third-order valence-corrected chi connectivity index (χ3v) is 3.39. The fraction of sp³-hybridized carbons (Fsp3) is 0.200. The molecule has 0 radical (unpaired) electrons. The van der Waals surface area contributed by atoms with Crippen LogP contribution in [0.1, 0.15) is 24.0 Å². The van der Waals surface area contributed by atoms with Crippen molar-refractivity contribution < 1.29 is 9.47 Å². The molecule has 22 heavy (non-hydrogen) atoms. The lowest BCUT2D eigenvalue weighted by Gasteiger charge is -2.19. The number of terminal acetylenes is 2. The summed E-state index contributed by atoms with van der Waals surface area (Å²) in [6.45, 7) is 2.61. The molecule has 0 aliphatic carbocycles. The summed E-state index contributed by atoms with van der Waals surface area (Å²) in [4.78, 5) is 0. The Morgan fingerprint density at radius 3 is 1.64 bits per heavy atom. The molecule has 0 spiro atoms. The van der Waals surface area contributed by atoms with Gasteiger partial charge in [-0.15, -0.1) is 12.8 Å². The van der Waals surface area contributed by atoms with Crippen LogP contribution in [0.3, 0.4) is 0 Å². The number of para-hydroxylation sites is 2.